The maximum atomic E-state index is 12.9. The molecule has 0 saturated heterocycles. The molecule has 6 nitrogen and oxygen atoms in total. The van der Waals surface area contributed by atoms with Crippen molar-refractivity contribution in [3.8, 4) is 0 Å². The van der Waals surface area contributed by atoms with Crippen molar-refractivity contribution in [2.24, 2.45) is 0 Å². The van der Waals surface area contributed by atoms with Crippen LogP contribution in [-0.2, 0) is 14.3 Å². The van der Waals surface area contributed by atoms with E-state index in [0.29, 0.717) is 25.4 Å². The molecule has 0 saturated carbocycles. The van der Waals surface area contributed by atoms with E-state index < -0.39 is 0 Å². The first kappa shape index (κ1) is 42.8. The molecule has 0 aromatic rings. The second-order valence-electron chi connectivity index (χ2n) is 12.5. The molecule has 0 aromatic carbocycles. The molecule has 0 bridgehead atoms. The Morgan fingerprint density at radius 2 is 1.02 bits per heavy atom. The van der Waals surface area contributed by atoms with Gasteiger partial charge in [0.25, 0.3) is 0 Å². The van der Waals surface area contributed by atoms with Crippen LogP contribution in [0.2, 0.25) is 3.98 Å². The topological polar surface area (TPSA) is 70.1 Å². The third-order valence-electron chi connectivity index (χ3n) is 8.41. The van der Waals surface area contributed by atoms with E-state index in [2.05, 4.69) is 23.6 Å². The predicted octanol–water partition coefficient (Wildman–Crippen LogP) is 8.64. The number of ether oxygens (including phenoxy) is 1. The van der Waals surface area contributed by atoms with Crippen molar-refractivity contribution < 1.29 is 19.4 Å². The summed E-state index contributed by atoms with van der Waals surface area (Å²) >= 11 is 1.09. The number of hydrogen-bond donors (Lipinski definition) is 1. The number of carbonyl (C=O) groups is 2. The number of nitrogens with zero attached hydrogens (tertiary/aromatic N) is 2. The fourth-order valence-electron chi connectivity index (χ4n) is 5.59. The van der Waals surface area contributed by atoms with Crippen molar-refractivity contribution in [1.29, 1.82) is 0 Å². The van der Waals surface area contributed by atoms with Gasteiger partial charge in [-0.25, -0.2) is 0 Å². The zero-order chi connectivity index (χ0) is 31.6. The average molecular weight is 800 g/mol. The van der Waals surface area contributed by atoms with Crippen LogP contribution in [0.5, 0.6) is 0 Å². The van der Waals surface area contributed by atoms with E-state index in [1.54, 1.807) is 0 Å². The van der Waals surface area contributed by atoms with Gasteiger partial charge in [0.05, 0.1) is 6.61 Å². The molecule has 1 amide bonds. The van der Waals surface area contributed by atoms with Crippen molar-refractivity contribution in [2.45, 2.75) is 172 Å². The number of rotatable bonds is 34. The van der Waals surface area contributed by atoms with Crippen molar-refractivity contribution in [1.82, 2.24) is 9.80 Å². The zero-order valence-electron chi connectivity index (χ0n) is 28.8. The SMILES string of the molecule is CCCCCCCN(CCCCCC)C(=O)CCCCCCCN(CCO)CCCCCCCC(=O)OCCCC[CH2][Tl]. The summed E-state index contributed by atoms with van der Waals surface area (Å²) < 4.78 is 6.70. The number of aliphatic hydroxyl groups is 1. The van der Waals surface area contributed by atoms with Crippen molar-refractivity contribution >= 4 is 37.6 Å². The van der Waals surface area contributed by atoms with E-state index in [1.165, 1.54) is 81.0 Å². The summed E-state index contributed by atoms with van der Waals surface area (Å²) in [6.07, 6.45) is 27.2. The first-order chi connectivity index (χ1) is 21.1. The van der Waals surface area contributed by atoms with Crippen LogP contribution in [0.25, 0.3) is 0 Å². The molecule has 0 aromatic heterocycles. The Morgan fingerprint density at radius 1 is 0.558 bits per heavy atom. The molecule has 0 unspecified atom stereocenters. The minimum atomic E-state index is -0.0265. The summed E-state index contributed by atoms with van der Waals surface area (Å²) in [6, 6.07) is 0. The Kier molecular flexibility index (Phi) is 34.5. The molecule has 1 N–H and O–H groups in total. The van der Waals surface area contributed by atoms with Crippen LogP contribution in [0.3, 0.4) is 0 Å². The minimum absolute atomic E-state index is 0.0265. The molecule has 0 spiro atoms. The molecule has 0 rings (SSSR count). The number of unbranched alkanes of at least 4 members (excludes halogenated alkanes) is 17. The molecular formula is C36H71N2O4Tl. The van der Waals surface area contributed by atoms with Gasteiger partial charge in [-0.15, -0.1) is 0 Å². The second-order valence-corrected chi connectivity index (χ2v) is 14.8. The quantitative estimate of drug-likeness (QED) is 0.0401. The van der Waals surface area contributed by atoms with E-state index in [4.69, 9.17) is 4.74 Å². The van der Waals surface area contributed by atoms with E-state index in [9.17, 15) is 14.7 Å². The molecule has 0 heterocycles. The van der Waals surface area contributed by atoms with E-state index in [-0.39, 0.29) is 12.6 Å². The summed E-state index contributed by atoms with van der Waals surface area (Å²) in [7, 11) is 0. The van der Waals surface area contributed by atoms with Crippen LogP contribution >= 0.6 is 0 Å². The van der Waals surface area contributed by atoms with Gasteiger partial charge < -0.3 is 14.9 Å². The van der Waals surface area contributed by atoms with Crippen LogP contribution in [0.1, 0.15) is 168 Å². The van der Waals surface area contributed by atoms with E-state index >= 15 is 0 Å². The molecule has 0 aliphatic rings. The average Bonchev–Trinajstić information content (AvgIpc) is 3.00. The molecule has 0 aliphatic carbocycles. The van der Waals surface area contributed by atoms with Gasteiger partial charge in [-0.2, -0.15) is 0 Å². The number of amides is 1. The van der Waals surface area contributed by atoms with Crippen molar-refractivity contribution in [3.05, 3.63) is 0 Å². The van der Waals surface area contributed by atoms with Crippen LogP contribution in [-0.4, -0.2) is 98.5 Å². The third-order valence-corrected chi connectivity index (χ3v) is 10.0. The monoisotopic (exact) mass is 801 g/mol. The molecule has 252 valence electrons. The van der Waals surface area contributed by atoms with Gasteiger partial charge in [0.15, 0.2) is 0 Å². The molecular weight excluding hydrogens is 729 g/mol. The van der Waals surface area contributed by atoms with Gasteiger partial charge >= 0.3 is 103 Å². The fraction of sp³-hybridized carbons (Fsp3) is 0.944. The number of aliphatic hydroxyl groups excluding tert-OH is 1. The first-order valence-corrected chi connectivity index (χ1v) is 21.7. The molecule has 0 fully saturated rings. The maximum absolute atomic E-state index is 12.9. The molecule has 0 atom stereocenters. The van der Waals surface area contributed by atoms with Gasteiger partial charge in [0.1, 0.15) is 0 Å². The fourth-order valence-corrected chi connectivity index (χ4v) is 6.71. The Bertz CT molecular complexity index is 608. The van der Waals surface area contributed by atoms with Crippen LogP contribution in [0.15, 0.2) is 0 Å². The summed E-state index contributed by atoms with van der Waals surface area (Å²) in [5.41, 5.74) is 0. The second kappa shape index (κ2) is 34.7. The number of esters is 1. The molecule has 7 heteroatoms. The van der Waals surface area contributed by atoms with Crippen LogP contribution in [0, 0.1) is 0 Å². The zero-order valence-corrected chi connectivity index (χ0v) is 33.3. The van der Waals surface area contributed by atoms with Gasteiger partial charge in [0, 0.05) is 26.1 Å². The summed E-state index contributed by atoms with van der Waals surface area (Å²) in [6.45, 7) is 10.1. The van der Waals surface area contributed by atoms with Gasteiger partial charge in [-0.3, -0.25) is 4.79 Å². The van der Waals surface area contributed by atoms with Gasteiger partial charge in [-0.05, 0) is 45.2 Å². The van der Waals surface area contributed by atoms with Crippen molar-refractivity contribution in [2.75, 3.05) is 45.9 Å². The van der Waals surface area contributed by atoms with Crippen LogP contribution < -0.4 is 0 Å². The normalized spacial score (nSPS) is 11.3. The Labute approximate surface area is 283 Å². The van der Waals surface area contributed by atoms with Crippen molar-refractivity contribution in [3.63, 3.8) is 0 Å². The standard InChI is InChI=1S/C36H71N2O4.Tl/c1-4-7-10-16-24-31-38(30-23-11-8-5-2)35(40)26-19-14-12-17-21-28-37(32-33-39)29-22-18-13-15-20-27-36(41)42-34-25-9-6-3;/h39H,3-34H2,1-2H3;. The Hall–Kier alpha value is -0.218. The summed E-state index contributed by atoms with van der Waals surface area (Å²) in [5, 5.41) is 9.49. The summed E-state index contributed by atoms with van der Waals surface area (Å²) in [4.78, 5) is 29.3. The predicted molar refractivity (Wildman–Crippen MR) is 184 cm³/mol. The van der Waals surface area contributed by atoms with Gasteiger partial charge in [-0.1, -0.05) is 78.1 Å². The first-order valence-electron chi connectivity index (χ1n) is 18.6. The van der Waals surface area contributed by atoms with Crippen LogP contribution in [0.4, 0.5) is 0 Å². The number of hydrogen-bond acceptors (Lipinski definition) is 5. The summed E-state index contributed by atoms with van der Waals surface area (Å²) in [5.74, 6) is 0.349. The van der Waals surface area contributed by atoms with E-state index in [1.807, 2.05) is 0 Å². The molecule has 0 radical (unpaired) electrons. The van der Waals surface area contributed by atoms with Gasteiger partial charge in [0.2, 0.25) is 5.91 Å². The van der Waals surface area contributed by atoms with E-state index in [0.717, 1.165) is 123 Å². The third kappa shape index (κ3) is 30.2. The molecule has 43 heavy (non-hydrogen) atoms. The Balaban J connectivity index is 3.93. The number of carbonyl (C=O) groups excluding carboxylic acids is 2. The Morgan fingerprint density at radius 3 is 1.58 bits per heavy atom. The molecule has 0 aliphatic heterocycles.